The number of esters is 2. The minimum atomic E-state index is -4.73. The van der Waals surface area contributed by atoms with Crippen LogP contribution >= 0.6 is 0 Å². The van der Waals surface area contributed by atoms with Crippen molar-refractivity contribution < 1.29 is 37.0 Å². The molecule has 2 aromatic rings. The first kappa shape index (κ1) is 20.3. The molecule has 5 nitrogen and oxygen atoms in total. The van der Waals surface area contributed by atoms with Gasteiger partial charge in [-0.2, -0.15) is 13.2 Å². The van der Waals surface area contributed by atoms with E-state index in [1.807, 2.05) is 0 Å². The molecule has 2 rings (SSSR count). The lowest BCUT2D eigenvalue weighted by Crippen LogP contribution is -2.11. The van der Waals surface area contributed by atoms with Gasteiger partial charge in [-0.25, -0.2) is 9.59 Å². The van der Waals surface area contributed by atoms with E-state index in [9.17, 15) is 22.8 Å². The fourth-order valence-corrected chi connectivity index (χ4v) is 2.18. The third-order valence-corrected chi connectivity index (χ3v) is 3.39. The second-order valence-corrected chi connectivity index (χ2v) is 5.28. The predicted octanol–water partition coefficient (Wildman–Crippen LogP) is 4.85. The van der Waals surface area contributed by atoms with Crippen molar-refractivity contribution in [3.63, 3.8) is 0 Å². The van der Waals surface area contributed by atoms with Gasteiger partial charge < -0.3 is 14.2 Å². The van der Waals surface area contributed by atoms with Gasteiger partial charge in [0, 0.05) is 0 Å². The molecule has 2 aromatic carbocycles. The highest BCUT2D eigenvalue weighted by atomic mass is 19.4. The maximum atomic E-state index is 13.3. The molecule has 27 heavy (non-hydrogen) atoms. The zero-order valence-electron chi connectivity index (χ0n) is 14.6. The summed E-state index contributed by atoms with van der Waals surface area (Å²) in [5.41, 5.74) is -1.09. The fraction of sp³-hybridized carbons (Fsp3) is 0.263. The minimum Gasteiger partial charge on any atom is -0.462 e. The number of rotatable bonds is 6. The predicted molar refractivity (Wildman–Crippen MR) is 89.9 cm³/mol. The summed E-state index contributed by atoms with van der Waals surface area (Å²) in [4.78, 5) is 23.3. The molecule has 0 bridgehead atoms. The van der Waals surface area contributed by atoms with E-state index in [0.717, 1.165) is 6.07 Å². The first-order valence-corrected chi connectivity index (χ1v) is 8.09. The number of ether oxygens (including phenoxy) is 3. The van der Waals surface area contributed by atoms with Gasteiger partial charge in [0.2, 0.25) is 0 Å². The van der Waals surface area contributed by atoms with Crippen LogP contribution in [0.1, 0.15) is 40.1 Å². The van der Waals surface area contributed by atoms with Gasteiger partial charge in [-0.3, -0.25) is 0 Å². The van der Waals surface area contributed by atoms with E-state index in [1.54, 1.807) is 13.8 Å². The van der Waals surface area contributed by atoms with Crippen molar-refractivity contribution in [2.45, 2.75) is 20.0 Å². The maximum Gasteiger partial charge on any atom is 0.420 e. The average Bonchev–Trinajstić information content (AvgIpc) is 2.62. The first-order valence-electron chi connectivity index (χ1n) is 8.09. The highest BCUT2D eigenvalue weighted by Gasteiger charge is 2.35. The molecule has 0 aliphatic rings. The number of hydrogen-bond donors (Lipinski definition) is 0. The van der Waals surface area contributed by atoms with Crippen LogP contribution in [0.2, 0.25) is 0 Å². The SMILES string of the molecule is CCOC(=O)c1ccc(Oc2ccc(C(=O)OCC)cc2C(F)(F)F)cc1. The standard InChI is InChI=1S/C19H17F3O5/c1-3-25-17(23)12-5-8-14(9-6-12)27-16-10-7-13(18(24)26-4-2)11-15(16)19(20,21)22/h5-11H,3-4H2,1-2H3. The molecule has 0 aromatic heterocycles. The fourth-order valence-electron chi connectivity index (χ4n) is 2.18. The zero-order valence-corrected chi connectivity index (χ0v) is 14.6. The van der Waals surface area contributed by atoms with Crippen LogP contribution in [0.3, 0.4) is 0 Å². The van der Waals surface area contributed by atoms with Crippen molar-refractivity contribution in [2.75, 3.05) is 13.2 Å². The van der Waals surface area contributed by atoms with Gasteiger partial charge in [0.1, 0.15) is 11.5 Å². The minimum absolute atomic E-state index is 0.0469. The summed E-state index contributed by atoms with van der Waals surface area (Å²) in [6, 6.07) is 8.39. The average molecular weight is 382 g/mol. The van der Waals surface area contributed by atoms with Crippen LogP contribution in [-0.2, 0) is 15.7 Å². The van der Waals surface area contributed by atoms with Crippen LogP contribution in [0.4, 0.5) is 13.2 Å². The number of halogens is 3. The Kier molecular flexibility index (Phi) is 6.44. The van der Waals surface area contributed by atoms with Gasteiger partial charge >= 0.3 is 18.1 Å². The third-order valence-electron chi connectivity index (χ3n) is 3.39. The lowest BCUT2D eigenvalue weighted by Gasteiger charge is -2.15. The number of benzene rings is 2. The van der Waals surface area contributed by atoms with Gasteiger partial charge in [0.15, 0.2) is 0 Å². The van der Waals surface area contributed by atoms with E-state index in [1.165, 1.54) is 30.3 Å². The highest BCUT2D eigenvalue weighted by Crippen LogP contribution is 2.38. The van der Waals surface area contributed by atoms with Crippen LogP contribution in [-0.4, -0.2) is 25.2 Å². The quantitative estimate of drug-likeness (QED) is 0.669. The molecule has 0 N–H and O–H groups in total. The van der Waals surface area contributed by atoms with Crippen LogP contribution in [0.15, 0.2) is 42.5 Å². The lowest BCUT2D eigenvalue weighted by molar-refractivity contribution is -0.138. The molecule has 0 fully saturated rings. The summed E-state index contributed by atoms with van der Waals surface area (Å²) >= 11 is 0. The zero-order chi connectivity index (χ0) is 20.0. The van der Waals surface area contributed by atoms with E-state index < -0.39 is 29.4 Å². The largest absolute Gasteiger partial charge is 0.462 e. The second kappa shape index (κ2) is 8.57. The summed E-state index contributed by atoms with van der Waals surface area (Å²) < 4.78 is 54.9. The molecule has 0 heterocycles. The molecule has 144 valence electrons. The Bertz CT molecular complexity index is 813. The smallest absolute Gasteiger partial charge is 0.420 e. The van der Waals surface area contributed by atoms with E-state index in [0.29, 0.717) is 6.07 Å². The highest BCUT2D eigenvalue weighted by molar-refractivity contribution is 5.90. The van der Waals surface area contributed by atoms with Gasteiger partial charge in [0.05, 0.1) is 29.9 Å². The van der Waals surface area contributed by atoms with E-state index in [4.69, 9.17) is 14.2 Å². The van der Waals surface area contributed by atoms with Crippen molar-refractivity contribution in [1.82, 2.24) is 0 Å². The van der Waals surface area contributed by atoms with Crippen molar-refractivity contribution in [3.05, 3.63) is 59.2 Å². The van der Waals surface area contributed by atoms with Gasteiger partial charge in [0.25, 0.3) is 0 Å². The lowest BCUT2D eigenvalue weighted by atomic mass is 10.1. The summed E-state index contributed by atoms with van der Waals surface area (Å²) in [6.07, 6.45) is -4.73. The van der Waals surface area contributed by atoms with Gasteiger partial charge in [-0.05, 0) is 56.3 Å². The Morgan fingerprint density at radius 3 is 1.89 bits per heavy atom. The van der Waals surface area contributed by atoms with E-state index in [-0.39, 0.29) is 30.1 Å². The van der Waals surface area contributed by atoms with E-state index in [2.05, 4.69) is 0 Å². The molecule has 0 unspecified atom stereocenters. The number of carbonyl (C=O) groups excluding carboxylic acids is 2. The molecule has 0 atom stereocenters. The van der Waals surface area contributed by atoms with Crippen molar-refractivity contribution >= 4 is 11.9 Å². The summed E-state index contributed by atoms with van der Waals surface area (Å²) in [6.45, 7) is 3.47. The molecule has 0 saturated heterocycles. The van der Waals surface area contributed by atoms with E-state index >= 15 is 0 Å². The Labute approximate surface area is 153 Å². The van der Waals surface area contributed by atoms with Crippen molar-refractivity contribution in [1.29, 1.82) is 0 Å². The Morgan fingerprint density at radius 2 is 1.37 bits per heavy atom. The Morgan fingerprint density at radius 1 is 0.852 bits per heavy atom. The number of alkyl halides is 3. The summed E-state index contributed by atoms with van der Waals surface area (Å²) in [7, 11) is 0. The van der Waals surface area contributed by atoms with Gasteiger partial charge in [-0.1, -0.05) is 0 Å². The molecule has 0 aliphatic carbocycles. The van der Waals surface area contributed by atoms with Crippen molar-refractivity contribution in [3.8, 4) is 11.5 Å². The van der Waals surface area contributed by atoms with Crippen LogP contribution < -0.4 is 4.74 Å². The van der Waals surface area contributed by atoms with Crippen LogP contribution in [0.5, 0.6) is 11.5 Å². The maximum absolute atomic E-state index is 13.3. The number of carbonyl (C=O) groups is 2. The normalized spacial score (nSPS) is 11.0. The monoisotopic (exact) mass is 382 g/mol. The third kappa shape index (κ3) is 5.22. The molecule has 0 amide bonds. The van der Waals surface area contributed by atoms with Crippen LogP contribution in [0, 0.1) is 0 Å². The molecular formula is C19H17F3O5. The van der Waals surface area contributed by atoms with Gasteiger partial charge in [-0.15, -0.1) is 0 Å². The molecule has 0 spiro atoms. The Hall–Kier alpha value is -3.03. The molecule has 8 heteroatoms. The second-order valence-electron chi connectivity index (χ2n) is 5.28. The topological polar surface area (TPSA) is 61.8 Å². The summed E-state index contributed by atoms with van der Waals surface area (Å²) in [5.74, 6) is -1.77. The molecule has 0 aliphatic heterocycles. The molecule has 0 saturated carbocycles. The molecule has 0 radical (unpaired) electrons. The Balaban J connectivity index is 2.29. The van der Waals surface area contributed by atoms with Crippen LogP contribution in [0.25, 0.3) is 0 Å². The first-order chi connectivity index (χ1) is 12.8. The molecular weight excluding hydrogens is 365 g/mol. The number of hydrogen-bond acceptors (Lipinski definition) is 5. The summed E-state index contributed by atoms with van der Waals surface area (Å²) in [5, 5.41) is 0. The van der Waals surface area contributed by atoms with Crippen molar-refractivity contribution in [2.24, 2.45) is 0 Å².